The lowest BCUT2D eigenvalue weighted by atomic mass is 9.74. The zero-order valence-corrected chi connectivity index (χ0v) is 12.1. The Hall–Kier alpha value is -0.790. The molecule has 1 aliphatic rings. The van der Waals surface area contributed by atoms with Crippen LogP contribution in [0.5, 0.6) is 0 Å². The molecule has 0 saturated heterocycles. The van der Waals surface area contributed by atoms with Gasteiger partial charge in [0.25, 0.3) is 0 Å². The Labute approximate surface area is 114 Å². The average molecular weight is 265 g/mol. The summed E-state index contributed by atoms with van der Waals surface area (Å²) in [4.78, 5) is 0. The number of hydrogen-bond acceptors (Lipinski definition) is 1. The van der Waals surface area contributed by atoms with Gasteiger partial charge in [0.15, 0.2) is 0 Å². The zero-order chi connectivity index (χ0) is 13.4. The van der Waals surface area contributed by atoms with E-state index in [1.165, 1.54) is 0 Å². The Bertz CT molecular complexity index is 458. The predicted octanol–water partition coefficient (Wildman–Crippen LogP) is 4.68. The summed E-state index contributed by atoms with van der Waals surface area (Å²) in [5.41, 5.74) is 1.54. The quantitative estimate of drug-likeness (QED) is 0.822. The zero-order valence-electron chi connectivity index (χ0n) is 11.3. The molecule has 0 bridgehead atoms. The van der Waals surface area contributed by atoms with Gasteiger partial charge < -0.3 is 5.11 Å². The fourth-order valence-corrected chi connectivity index (χ4v) is 3.08. The van der Waals surface area contributed by atoms with Gasteiger partial charge in [0.1, 0.15) is 0 Å². The topological polar surface area (TPSA) is 20.2 Å². The molecule has 1 nitrogen and oxygen atoms in total. The summed E-state index contributed by atoms with van der Waals surface area (Å²) in [6, 6.07) is 7.77. The molecule has 2 rings (SSSR count). The van der Waals surface area contributed by atoms with Gasteiger partial charge in [-0.3, -0.25) is 0 Å². The van der Waals surface area contributed by atoms with E-state index in [4.69, 9.17) is 11.6 Å². The third kappa shape index (κ3) is 2.22. The van der Waals surface area contributed by atoms with Crippen molar-refractivity contribution in [1.29, 1.82) is 0 Å². The molecule has 0 heterocycles. The second-order valence-electron chi connectivity index (χ2n) is 5.82. The lowest BCUT2D eigenvalue weighted by Gasteiger charge is -2.37. The molecule has 0 amide bonds. The number of aliphatic hydroxyl groups is 1. The lowest BCUT2D eigenvalue weighted by molar-refractivity contribution is -0.0160. The van der Waals surface area contributed by atoms with Crippen LogP contribution in [0.25, 0.3) is 6.08 Å². The van der Waals surface area contributed by atoms with Crippen molar-refractivity contribution in [2.75, 3.05) is 0 Å². The maximum atomic E-state index is 10.9. The molecule has 98 valence electrons. The second-order valence-corrected chi connectivity index (χ2v) is 6.26. The van der Waals surface area contributed by atoms with Crippen molar-refractivity contribution in [3.63, 3.8) is 0 Å². The fourth-order valence-electron chi connectivity index (χ4n) is 2.95. The van der Waals surface area contributed by atoms with E-state index in [0.29, 0.717) is 0 Å². The van der Waals surface area contributed by atoms with Gasteiger partial charge in [0.05, 0.1) is 5.60 Å². The first-order valence-corrected chi connectivity index (χ1v) is 6.96. The fraction of sp³-hybridized carbons (Fsp3) is 0.500. The van der Waals surface area contributed by atoms with Crippen LogP contribution in [0, 0.1) is 5.41 Å². The van der Waals surface area contributed by atoms with E-state index in [1.54, 1.807) is 0 Å². The number of hydrogen-bond donors (Lipinski definition) is 1. The molecule has 1 aromatic carbocycles. The third-order valence-electron chi connectivity index (χ3n) is 4.39. The van der Waals surface area contributed by atoms with Crippen molar-refractivity contribution in [2.24, 2.45) is 5.41 Å². The molecule has 1 saturated carbocycles. The van der Waals surface area contributed by atoms with Crippen LogP contribution in [-0.2, 0) is 0 Å². The Morgan fingerprint density at radius 3 is 2.44 bits per heavy atom. The van der Waals surface area contributed by atoms with Gasteiger partial charge in [0.2, 0.25) is 0 Å². The van der Waals surface area contributed by atoms with Crippen molar-refractivity contribution >= 4 is 17.7 Å². The number of benzene rings is 1. The van der Waals surface area contributed by atoms with Crippen LogP contribution >= 0.6 is 11.6 Å². The normalized spacial score (nSPS) is 28.8. The Kier molecular flexibility index (Phi) is 3.57. The van der Waals surface area contributed by atoms with Crippen LogP contribution in [0.2, 0.25) is 5.02 Å². The van der Waals surface area contributed by atoms with E-state index < -0.39 is 5.60 Å². The highest BCUT2D eigenvalue weighted by Crippen LogP contribution is 2.51. The molecule has 0 radical (unpaired) electrons. The van der Waals surface area contributed by atoms with E-state index >= 15 is 0 Å². The minimum atomic E-state index is -0.674. The van der Waals surface area contributed by atoms with Crippen molar-refractivity contribution in [1.82, 2.24) is 0 Å². The van der Waals surface area contributed by atoms with Crippen LogP contribution in [0.15, 0.2) is 29.8 Å². The molecular weight excluding hydrogens is 244 g/mol. The summed E-state index contributed by atoms with van der Waals surface area (Å²) < 4.78 is 0. The molecule has 0 spiro atoms. The lowest BCUT2D eigenvalue weighted by Crippen LogP contribution is -2.40. The smallest absolute Gasteiger partial charge is 0.0908 e. The monoisotopic (exact) mass is 264 g/mol. The van der Waals surface area contributed by atoms with Crippen molar-refractivity contribution < 1.29 is 5.11 Å². The molecule has 1 N–H and O–H groups in total. The van der Waals surface area contributed by atoms with Gasteiger partial charge in [-0.1, -0.05) is 50.6 Å². The second kappa shape index (κ2) is 4.71. The molecule has 1 aliphatic carbocycles. The van der Waals surface area contributed by atoms with Crippen LogP contribution < -0.4 is 0 Å². The van der Waals surface area contributed by atoms with Gasteiger partial charge >= 0.3 is 0 Å². The SMILES string of the molecule is CCC1(O)/C(=C/c2ccc(Cl)cc2)CCC1(C)C. The highest BCUT2D eigenvalue weighted by atomic mass is 35.5. The Morgan fingerprint density at radius 1 is 1.28 bits per heavy atom. The highest BCUT2D eigenvalue weighted by Gasteiger charge is 2.49. The molecular formula is C16H21ClO. The largest absolute Gasteiger partial charge is 0.385 e. The van der Waals surface area contributed by atoms with Gasteiger partial charge in [-0.25, -0.2) is 0 Å². The first-order valence-electron chi connectivity index (χ1n) is 6.58. The minimum absolute atomic E-state index is 0.0417. The van der Waals surface area contributed by atoms with Gasteiger partial charge in [-0.2, -0.15) is 0 Å². The minimum Gasteiger partial charge on any atom is -0.385 e. The Morgan fingerprint density at radius 2 is 1.89 bits per heavy atom. The number of rotatable bonds is 2. The van der Waals surface area contributed by atoms with E-state index in [0.717, 1.165) is 35.4 Å². The Balaban J connectivity index is 2.36. The van der Waals surface area contributed by atoms with Gasteiger partial charge in [-0.15, -0.1) is 0 Å². The summed E-state index contributed by atoms with van der Waals surface area (Å²) in [5.74, 6) is 0. The molecule has 0 aromatic heterocycles. The average Bonchev–Trinajstić information content (AvgIpc) is 2.56. The molecule has 1 unspecified atom stereocenters. The summed E-state index contributed by atoms with van der Waals surface area (Å²) in [5, 5.41) is 11.7. The third-order valence-corrected chi connectivity index (χ3v) is 4.64. The summed E-state index contributed by atoms with van der Waals surface area (Å²) in [6.07, 6.45) is 4.89. The highest BCUT2D eigenvalue weighted by molar-refractivity contribution is 6.30. The van der Waals surface area contributed by atoms with Crippen LogP contribution in [0.4, 0.5) is 0 Å². The molecule has 18 heavy (non-hydrogen) atoms. The molecule has 1 atom stereocenters. The standard InChI is InChI=1S/C16H21ClO/c1-4-16(18)13(9-10-15(16,2)3)11-12-5-7-14(17)8-6-12/h5-8,11,18H,4,9-10H2,1-3H3/b13-11+. The number of halogens is 1. The van der Waals surface area contributed by atoms with Crippen LogP contribution in [0.3, 0.4) is 0 Å². The molecule has 2 heteroatoms. The van der Waals surface area contributed by atoms with Gasteiger partial charge in [-0.05, 0) is 47.9 Å². The predicted molar refractivity (Wildman–Crippen MR) is 77.7 cm³/mol. The van der Waals surface area contributed by atoms with E-state index in [2.05, 4.69) is 26.8 Å². The van der Waals surface area contributed by atoms with Crippen LogP contribution in [0.1, 0.15) is 45.6 Å². The molecule has 1 fully saturated rings. The van der Waals surface area contributed by atoms with E-state index in [9.17, 15) is 5.11 Å². The maximum Gasteiger partial charge on any atom is 0.0908 e. The summed E-state index contributed by atoms with van der Waals surface area (Å²) >= 11 is 5.89. The van der Waals surface area contributed by atoms with Crippen molar-refractivity contribution in [2.45, 2.75) is 45.6 Å². The summed E-state index contributed by atoms with van der Waals surface area (Å²) in [6.45, 7) is 6.36. The van der Waals surface area contributed by atoms with E-state index in [1.807, 2.05) is 24.3 Å². The first-order chi connectivity index (χ1) is 8.39. The van der Waals surface area contributed by atoms with Crippen molar-refractivity contribution in [3.05, 3.63) is 40.4 Å². The van der Waals surface area contributed by atoms with Crippen molar-refractivity contribution in [3.8, 4) is 0 Å². The van der Waals surface area contributed by atoms with Gasteiger partial charge in [0, 0.05) is 5.02 Å². The van der Waals surface area contributed by atoms with E-state index in [-0.39, 0.29) is 5.41 Å². The molecule has 0 aliphatic heterocycles. The maximum absolute atomic E-state index is 10.9. The van der Waals surface area contributed by atoms with Crippen LogP contribution in [-0.4, -0.2) is 10.7 Å². The first kappa shape index (κ1) is 13.6. The molecule has 1 aromatic rings. The summed E-state index contributed by atoms with van der Waals surface area (Å²) in [7, 11) is 0.